The molecule has 13 heteroatoms. The van der Waals surface area contributed by atoms with Crippen molar-refractivity contribution in [2.24, 2.45) is 5.10 Å². The largest absolute Gasteiger partial charge is 0.496 e. The number of halogens is 1. The van der Waals surface area contributed by atoms with Crippen LogP contribution in [0.3, 0.4) is 0 Å². The average Bonchev–Trinajstić information content (AvgIpc) is 3.03. The van der Waals surface area contributed by atoms with Crippen LogP contribution >= 0.6 is 15.9 Å². The molecule has 0 fully saturated rings. The van der Waals surface area contributed by atoms with Crippen molar-refractivity contribution in [2.45, 2.75) is 33.3 Å². The zero-order chi connectivity index (χ0) is 33.1. The number of ether oxygens (including phenoxy) is 2. The van der Waals surface area contributed by atoms with E-state index in [0.29, 0.717) is 32.3 Å². The van der Waals surface area contributed by atoms with Crippen LogP contribution in [0.4, 0.5) is 11.4 Å². The molecule has 0 amide bonds. The maximum absolute atomic E-state index is 13.9. The van der Waals surface area contributed by atoms with Gasteiger partial charge in [-0.25, -0.2) is 4.98 Å². The van der Waals surface area contributed by atoms with Gasteiger partial charge in [0, 0.05) is 33.8 Å². The van der Waals surface area contributed by atoms with Crippen LogP contribution in [0.5, 0.6) is 11.5 Å². The van der Waals surface area contributed by atoms with Crippen LogP contribution in [0.15, 0.2) is 87.2 Å². The summed E-state index contributed by atoms with van der Waals surface area (Å²) in [4.78, 5) is 40.9. The Morgan fingerprint density at radius 1 is 1.02 bits per heavy atom. The molecule has 5 rings (SSSR count). The summed E-state index contributed by atoms with van der Waals surface area (Å²) in [6, 6.07) is 19.4. The maximum atomic E-state index is 13.9. The van der Waals surface area contributed by atoms with Crippen LogP contribution in [0.25, 0.3) is 22.3 Å². The summed E-state index contributed by atoms with van der Waals surface area (Å²) in [5.74, 6) is 0.952. The highest BCUT2D eigenvalue weighted by Gasteiger charge is 2.22. The number of methoxy groups -OCH3 is 1. The summed E-state index contributed by atoms with van der Waals surface area (Å²) in [7, 11) is 1.60. The number of nitro benzene ring substituents is 2. The predicted octanol–water partition coefficient (Wildman–Crippen LogP) is 7.54. The summed E-state index contributed by atoms with van der Waals surface area (Å²) in [6.45, 7) is 5.75. The van der Waals surface area contributed by atoms with Crippen LogP contribution in [0.1, 0.15) is 42.0 Å². The lowest BCUT2D eigenvalue weighted by Crippen LogP contribution is -2.21. The minimum absolute atomic E-state index is 0.103. The van der Waals surface area contributed by atoms with Gasteiger partial charge >= 0.3 is 5.69 Å². The monoisotopic (exact) mass is 685 g/mol. The molecule has 12 nitrogen and oxygen atoms in total. The second kappa shape index (κ2) is 13.3. The molecule has 1 heterocycles. The van der Waals surface area contributed by atoms with Gasteiger partial charge in [0.25, 0.3) is 11.2 Å². The van der Waals surface area contributed by atoms with E-state index in [0.717, 1.165) is 11.1 Å². The number of para-hydroxylation sites is 1. The lowest BCUT2D eigenvalue weighted by molar-refractivity contribution is -0.386. The molecule has 0 aliphatic heterocycles. The Bertz CT molecular complexity index is 2090. The number of aromatic nitrogens is 2. The minimum atomic E-state index is -0.603. The Morgan fingerprint density at radius 2 is 1.78 bits per heavy atom. The highest BCUT2D eigenvalue weighted by molar-refractivity contribution is 9.10. The third kappa shape index (κ3) is 6.49. The molecule has 0 N–H and O–H groups in total. The lowest BCUT2D eigenvalue weighted by Gasteiger charge is -2.17. The molecular formula is C33H28BrN5O7. The van der Waals surface area contributed by atoms with Crippen LogP contribution < -0.4 is 15.0 Å². The molecular weight excluding hydrogens is 658 g/mol. The lowest BCUT2D eigenvalue weighted by atomic mass is 9.96. The third-order valence-corrected chi connectivity index (χ3v) is 7.73. The molecule has 0 saturated heterocycles. The molecule has 234 valence electrons. The number of benzene rings is 4. The molecule has 5 aromatic rings. The third-order valence-electron chi connectivity index (χ3n) is 7.27. The number of hydrogen-bond acceptors (Lipinski definition) is 9. The molecule has 4 aromatic carbocycles. The summed E-state index contributed by atoms with van der Waals surface area (Å²) in [5.41, 5.74) is 2.53. The van der Waals surface area contributed by atoms with E-state index in [1.807, 2.05) is 32.9 Å². The standard InChI is InChI=1S/C33H28BrN5O7/c1-19(2)26-16-27(20(3)12-30(26)45-4)32-36-28-11-6-5-10-25(28)33(40)37(32)35-17-22-14-23(34)15-29(39(43)44)31(22)46-18-21-8-7-9-24(13-21)38(41)42/h5-17,19H,18H2,1-4H3. The zero-order valence-electron chi connectivity index (χ0n) is 25.3. The topological polar surface area (TPSA) is 152 Å². The summed E-state index contributed by atoms with van der Waals surface area (Å²) < 4.78 is 13.1. The van der Waals surface area contributed by atoms with E-state index >= 15 is 0 Å². The van der Waals surface area contributed by atoms with E-state index in [2.05, 4.69) is 21.0 Å². The molecule has 0 unspecified atom stereocenters. The first-order chi connectivity index (χ1) is 22.0. The predicted molar refractivity (Wildman–Crippen MR) is 178 cm³/mol. The Kier molecular flexibility index (Phi) is 9.23. The van der Waals surface area contributed by atoms with Gasteiger partial charge in [0.05, 0.1) is 34.1 Å². The second-order valence-corrected chi connectivity index (χ2v) is 11.6. The van der Waals surface area contributed by atoms with Crippen molar-refractivity contribution < 1.29 is 19.3 Å². The highest BCUT2D eigenvalue weighted by atomic mass is 79.9. The quantitative estimate of drug-likeness (QED) is 0.0830. The molecule has 1 aromatic heterocycles. The van der Waals surface area contributed by atoms with E-state index in [4.69, 9.17) is 14.5 Å². The molecule has 46 heavy (non-hydrogen) atoms. The number of aryl methyl sites for hydroxylation is 1. The summed E-state index contributed by atoms with van der Waals surface area (Å²) in [5, 5.41) is 28.2. The van der Waals surface area contributed by atoms with Crippen molar-refractivity contribution in [2.75, 3.05) is 7.11 Å². The van der Waals surface area contributed by atoms with Gasteiger partial charge in [-0.3, -0.25) is 25.0 Å². The number of hydrogen-bond donors (Lipinski definition) is 0. The van der Waals surface area contributed by atoms with Crippen LogP contribution in [-0.4, -0.2) is 32.8 Å². The molecule has 0 bridgehead atoms. The number of fused-ring (bicyclic) bond motifs is 1. The van der Waals surface area contributed by atoms with Crippen molar-refractivity contribution in [3.8, 4) is 22.9 Å². The van der Waals surface area contributed by atoms with Gasteiger partial charge in [0.1, 0.15) is 12.4 Å². The SMILES string of the molecule is COc1cc(C)c(-c2nc3ccccc3c(=O)n2N=Cc2cc(Br)cc([N+](=O)[O-])c2OCc2cccc([N+](=O)[O-])c2)cc1C(C)C. The van der Waals surface area contributed by atoms with Crippen LogP contribution in [0, 0.1) is 27.2 Å². The number of nitro groups is 2. The van der Waals surface area contributed by atoms with Gasteiger partial charge < -0.3 is 9.47 Å². The number of nitrogens with zero attached hydrogens (tertiary/aromatic N) is 5. The van der Waals surface area contributed by atoms with Gasteiger partial charge in [-0.2, -0.15) is 9.78 Å². The molecule has 0 atom stereocenters. The van der Waals surface area contributed by atoms with Gasteiger partial charge in [0.15, 0.2) is 5.82 Å². The number of non-ortho nitro benzene ring substituents is 1. The van der Waals surface area contributed by atoms with Crippen molar-refractivity contribution >= 4 is 44.4 Å². The molecule has 0 aliphatic rings. The highest BCUT2D eigenvalue weighted by Crippen LogP contribution is 2.36. The first-order valence-corrected chi connectivity index (χ1v) is 14.9. The maximum Gasteiger partial charge on any atom is 0.312 e. The fraction of sp³-hybridized carbons (Fsp3) is 0.182. The van der Waals surface area contributed by atoms with Crippen LogP contribution in [-0.2, 0) is 6.61 Å². The molecule has 0 aliphatic carbocycles. The Balaban J connectivity index is 1.68. The summed E-state index contributed by atoms with van der Waals surface area (Å²) in [6.07, 6.45) is 1.30. The minimum Gasteiger partial charge on any atom is -0.496 e. The van der Waals surface area contributed by atoms with E-state index in [1.165, 1.54) is 35.2 Å². The van der Waals surface area contributed by atoms with Crippen molar-refractivity contribution in [3.05, 3.63) is 130 Å². The zero-order valence-corrected chi connectivity index (χ0v) is 26.8. The van der Waals surface area contributed by atoms with Crippen molar-refractivity contribution in [1.29, 1.82) is 0 Å². The first-order valence-electron chi connectivity index (χ1n) is 14.1. The Morgan fingerprint density at radius 3 is 2.48 bits per heavy atom. The van der Waals surface area contributed by atoms with Gasteiger partial charge in [-0.05, 0) is 59.9 Å². The van der Waals surface area contributed by atoms with Gasteiger partial charge in [-0.1, -0.05) is 54.0 Å². The van der Waals surface area contributed by atoms with Gasteiger partial charge in [0.2, 0.25) is 5.75 Å². The van der Waals surface area contributed by atoms with E-state index in [9.17, 15) is 25.0 Å². The molecule has 0 spiro atoms. The number of rotatable bonds is 10. The average molecular weight is 687 g/mol. The first kappa shape index (κ1) is 32.0. The Hall–Kier alpha value is -5.43. The normalized spacial score (nSPS) is 11.3. The van der Waals surface area contributed by atoms with Crippen molar-refractivity contribution in [3.63, 3.8) is 0 Å². The fourth-order valence-corrected chi connectivity index (χ4v) is 5.46. The molecule has 0 saturated carbocycles. The fourth-order valence-electron chi connectivity index (χ4n) is 5.00. The smallest absolute Gasteiger partial charge is 0.312 e. The van der Waals surface area contributed by atoms with Crippen LogP contribution in [0.2, 0.25) is 0 Å². The molecule has 0 radical (unpaired) electrons. The summed E-state index contributed by atoms with van der Waals surface area (Å²) >= 11 is 3.32. The van der Waals surface area contributed by atoms with Crippen molar-refractivity contribution in [1.82, 2.24) is 9.66 Å². The second-order valence-electron chi connectivity index (χ2n) is 10.7. The van der Waals surface area contributed by atoms with E-state index in [1.54, 1.807) is 43.5 Å². The van der Waals surface area contributed by atoms with Gasteiger partial charge in [-0.15, -0.1) is 0 Å². The van der Waals surface area contributed by atoms with E-state index < -0.39 is 15.4 Å². The van der Waals surface area contributed by atoms with E-state index in [-0.39, 0.29) is 41.0 Å². The Labute approximate surface area is 271 Å².